The molecule has 1 rings (SSSR count). The van der Waals surface area contributed by atoms with Crippen LogP contribution >= 0.6 is 0 Å². The number of esters is 1. The highest BCUT2D eigenvalue weighted by Crippen LogP contribution is 2.05. The van der Waals surface area contributed by atoms with Crippen LogP contribution in [-0.2, 0) is 11.3 Å². The summed E-state index contributed by atoms with van der Waals surface area (Å²) in [4.78, 5) is 11.2. The maximum atomic E-state index is 13.3. The van der Waals surface area contributed by atoms with Crippen molar-refractivity contribution in [2.45, 2.75) is 32.5 Å². The Morgan fingerprint density at radius 2 is 2.53 bits per heavy atom. The number of halogens is 1. The summed E-state index contributed by atoms with van der Waals surface area (Å²) in [7, 11) is 0. The largest absolute Gasteiger partial charge is 0.461 e. The molecule has 1 heterocycles. The first-order valence-corrected chi connectivity index (χ1v) is 5.25. The van der Waals surface area contributed by atoms with Gasteiger partial charge in [-0.3, -0.25) is 0 Å². The number of carbonyl (C=O) groups excluding carboxylic acids is 1. The van der Waals surface area contributed by atoms with Crippen molar-refractivity contribution in [1.82, 2.24) is 15.0 Å². The zero-order chi connectivity index (χ0) is 12.7. The minimum atomic E-state index is -1.17. The molecule has 0 saturated heterocycles. The quantitative estimate of drug-likeness (QED) is 0.695. The molecule has 0 unspecified atom stereocenters. The predicted octanol–water partition coefficient (Wildman–Crippen LogP) is 1.10. The van der Waals surface area contributed by atoms with Crippen molar-refractivity contribution < 1.29 is 13.9 Å². The second kappa shape index (κ2) is 6.58. The summed E-state index contributed by atoms with van der Waals surface area (Å²) in [5.74, 6) is -0.578. The van der Waals surface area contributed by atoms with Gasteiger partial charge in [0.2, 0.25) is 0 Å². The van der Waals surface area contributed by atoms with E-state index < -0.39 is 12.1 Å². The minimum Gasteiger partial charge on any atom is -0.461 e. The number of nitrogens with zero attached hydrogens (tertiary/aromatic N) is 4. The highest BCUT2D eigenvalue weighted by atomic mass is 19.1. The molecule has 1 aromatic rings. The molecule has 0 amide bonds. The molecule has 0 aliphatic carbocycles. The Morgan fingerprint density at radius 3 is 3.18 bits per heavy atom. The molecule has 6 nitrogen and oxygen atoms in total. The van der Waals surface area contributed by atoms with Crippen molar-refractivity contribution in [2.24, 2.45) is 0 Å². The van der Waals surface area contributed by atoms with E-state index in [-0.39, 0.29) is 31.7 Å². The summed E-state index contributed by atoms with van der Waals surface area (Å²) >= 11 is 0. The highest BCUT2D eigenvalue weighted by Gasteiger charge is 2.14. The van der Waals surface area contributed by atoms with Crippen LogP contribution in [0.15, 0.2) is 6.20 Å². The maximum absolute atomic E-state index is 13.3. The third-order valence-electron chi connectivity index (χ3n) is 1.98. The Labute approximate surface area is 98.0 Å². The van der Waals surface area contributed by atoms with E-state index in [9.17, 15) is 9.18 Å². The zero-order valence-corrected chi connectivity index (χ0v) is 9.47. The van der Waals surface area contributed by atoms with Gasteiger partial charge in [-0.2, -0.15) is 5.26 Å². The van der Waals surface area contributed by atoms with Crippen molar-refractivity contribution in [3.8, 4) is 6.07 Å². The first kappa shape index (κ1) is 13.1. The lowest BCUT2D eigenvalue weighted by molar-refractivity contribution is 0.0519. The Bertz CT molecular complexity index is 413. The van der Waals surface area contributed by atoms with Gasteiger partial charge in [-0.25, -0.2) is 13.9 Å². The average Bonchev–Trinajstić information content (AvgIpc) is 2.75. The lowest BCUT2D eigenvalue weighted by Gasteiger charge is -2.04. The van der Waals surface area contributed by atoms with Crippen LogP contribution < -0.4 is 0 Å². The van der Waals surface area contributed by atoms with E-state index in [1.165, 1.54) is 10.9 Å². The summed E-state index contributed by atoms with van der Waals surface area (Å²) < 4.78 is 19.2. The molecule has 0 N–H and O–H groups in total. The van der Waals surface area contributed by atoms with Gasteiger partial charge in [0, 0.05) is 6.42 Å². The van der Waals surface area contributed by atoms with E-state index in [0.717, 1.165) is 0 Å². The van der Waals surface area contributed by atoms with Gasteiger partial charge in [0.15, 0.2) is 5.69 Å². The molecule has 0 aliphatic heterocycles. The van der Waals surface area contributed by atoms with Gasteiger partial charge in [-0.05, 0) is 13.3 Å². The topological polar surface area (TPSA) is 80.8 Å². The van der Waals surface area contributed by atoms with Crippen LogP contribution in [0.3, 0.4) is 0 Å². The Hall–Kier alpha value is -1.97. The second-order valence-corrected chi connectivity index (χ2v) is 3.34. The smallest absolute Gasteiger partial charge is 0.360 e. The van der Waals surface area contributed by atoms with Gasteiger partial charge in [0.1, 0.15) is 6.17 Å². The van der Waals surface area contributed by atoms with Gasteiger partial charge in [-0.15, -0.1) is 5.10 Å². The SMILES string of the molecule is CCOC(=O)c1cn(C[C@H](F)CCC#N)nn1. The van der Waals surface area contributed by atoms with Gasteiger partial charge in [0.25, 0.3) is 0 Å². The molecule has 17 heavy (non-hydrogen) atoms. The number of ether oxygens (including phenoxy) is 1. The Morgan fingerprint density at radius 1 is 1.76 bits per heavy atom. The number of rotatable bonds is 6. The van der Waals surface area contributed by atoms with Crippen LogP contribution in [0.4, 0.5) is 4.39 Å². The molecule has 7 heteroatoms. The fourth-order valence-corrected chi connectivity index (χ4v) is 1.20. The second-order valence-electron chi connectivity index (χ2n) is 3.34. The minimum absolute atomic E-state index is 0.0198. The first-order valence-electron chi connectivity index (χ1n) is 5.25. The fraction of sp³-hybridized carbons (Fsp3) is 0.600. The molecule has 1 aromatic heterocycles. The summed E-state index contributed by atoms with van der Waals surface area (Å²) in [5.41, 5.74) is 0.0549. The van der Waals surface area contributed by atoms with Crippen molar-refractivity contribution in [3.05, 3.63) is 11.9 Å². The van der Waals surface area contributed by atoms with Crippen LogP contribution in [-0.4, -0.2) is 33.7 Å². The van der Waals surface area contributed by atoms with E-state index in [2.05, 4.69) is 10.3 Å². The fourth-order valence-electron chi connectivity index (χ4n) is 1.20. The molecule has 0 aliphatic rings. The molecule has 0 spiro atoms. The highest BCUT2D eigenvalue weighted by molar-refractivity contribution is 5.86. The van der Waals surface area contributed by atoms with Gasteiger partial charge >= 0.3 is 5.97 Å². The standard InChI is InChI=1S/C10H13FN4O2/c1-2-17-10(16)9-7-15(14-13-9)6-8(11)4-3-5-12/h7-8H,2-4,6H2,1H3/t8-/m1/s1. The molecule has 0 aromatic carbocycles. The van der Waals surface area contributed by atoms with Gasteiger partial charge in [0.05, 0.1) is 25.4 Å². The molecule has 0 bridgehead atoms. The van der Waals surface area contributed by atoms with Crippen LogP contribution in [0.2, 0.25) is 0 Å². The monoisotopic (exact) mass is 240 g/mol. The number of aromatic nitrogens is 3. The number of alkyl halides is 1. The predicted molar refractivity (Wildman–Crippen MR) is 55.7 cm³/mol. The van der Waals surface area contributed by atoms with E-state index in [4.69, 9.17) is 10.00 Å². The normalized spacial score (nSPS) is 11.8. The Kier molecular flexibility index (Phi) is 5.07. The molecule has 92 valence electrons. The molecule has 0 saturated carbocycles. The third kappa shape index (κ3) is 4.18. The van der Waals surface area contributed by atoms with Crippen LogP contribution in [0.1, 0.15) is 30.3 Å². The van der Waals surface area contributed by atoms with Gasteiger partial charge in [-0.1, -0.05) is 5.21 Å². The summed E-state index contributed by atoms with van der Waals surface area (Å²) in [6.07, 6.45) is 0.453. The Balaban J connectivity index is 2.51. The number of hydrogen-bond donors (Lipinski definition) is 0. The van der Waals surface area contributed by atoms with Crippen molar-refractivity contribution in [1.29, 1.82) is 5.26 Å². The van der Waals surface area contributed by atoms with E-state index in [0.29, 0.717) is 0 Å². The van der Waals surface area contributed by atoms with Gasteiger partial charge < -0.3 is 4.74 Å². The summed E-state index contributed by atoms with van der Waals surface area (Å²) in [6, 6.07) is 1.87. The lowest BCUT2D eigenvalue weighted by atomic mass is 10.2. The first-order chi connectivity index (χ1) is 8.17. The van der Waals surface area contributed by atoms with E-state index >= 15 is 0 Å². The van der Waals surface area contributed by atoms with Crippen LogP contribution in [0.5, 0.6) is 0 Å². The van der Waals surface area contributed by atoms with Crippen molar-refractivity contribution in [2.75, 3.05) is 6.61 Å². The molecule has 0 fully saturated rings. The summed E-state index contributed by atoms with van der Waals surface area (Å²) in [5, 5.41) is 15.5. The third-order valence-corrected chi connectivity index (χ3v) is 1.98. The molecular formula is C10H13FN4O2. The summed E-state index contributed by atoms with van der Waals surface area (Å²) in [6.45, 7) is 1.91. The molecule has 1 atom stereocenters. The number of carbonyl (C=O) groups is 1. The van der Waals surface area contributed by atoms with Crippen molar-refractivity contribution >= 4 is 5.97 Å². The lowest BCUT2D eigenvalue weighted by Crippen LogP contribution is -2.12. The average molecular weight is 240 g/mol. The maximum Gasteiger partial charge on any atom is 0.360 e. The number of nitriles is 1. The van der Waals surface area contributed by atoms with Crippen molar-refractivity contribution in [3.63, 3.8) is 0 Å². The van der Waals surface area contributed by atoms with E-state index in [1.807, 2.05) is 6.07 Å². The van der Waals surface area contributed by atoms with E-state index in [1.54, 1.807) is 6.92 Å². The molecular weight excluding hydrogens is 227 g/mol. The number of hydrogen-bond acceptors (Lipinski definition) is 5. The van der Waals surface area contributed by atoms with Crippen LogP contribution in [0.25, 0.3) is 0 Å². The van der Waals surface area contributed by atoms with Crippen LogP contribution in [0, 0.1) is 11.3 Å². The zero-order valence-electron chi connectivity index (χ0n) is 9.47. The molecule has 0 radical (unpaired) electrons.